The molecule has 0 aliphatic carbocycles. The topological polar surface area (TPSA) is 80.6 Å². The second-order valence-electron chi connectivity index (χ2n) is 10.2. The van der Waals surface area contributed by atoms with Gasteiger partial charge in [-0.05, 0) is 35.8 Å². The molecule has 0 saturated carbocycles. The molecule has 2 amide bonds. The Morgan fingerprint density at radius 3 is 2.50 bits per heavy atom. The molecule has 0 fully saturated rings. The zero-order valence-corrected chi connectivity index (χ0v) is 22.5. The third-order valence-electron chi connectivity index (χ3n) is 7.55. The molecule has 4 heterocycles. The summed E-state index contributed by atoms with van der Waals surface area (Å²) in [5.74, 6) is -0.904. The van der Waals surface area contributed by atoms with Crippen molar-refractivity contribution in [2.75, 3.05) is 26.7 Å². The van der Waals surface area contributed by atoms with Crippen LogP contribution in [0.1, 0.15) is 64.4 Å². The van der Waals surface area contributed by atoms with E-state index in [4.69, 9.17) is 9.84 Å². The van der Waals surface area contributed by atoms with Gasteiger partial charge in [-0.15, -0.1) is 0 Å². The van der Waals surface area contributed by atoms with Gasteiger partial charge < -0.3 is 14.5 Å². The normalized spacial score (nSPS) is 16.9. The van der Waals surface area contributed by atoms with E-state index in [9.17, 15) is 22.8 Å². The predicted octanol–water partition coefficient (Wildman–Crippen LogP) is 4.73. The predicted molar refractivity (Wildman–Crippen MR) is 141 cm³/mol. The van der Waals surface area contributed by atoms with Gasteiger partial charge in [-0.1, -0.05) is 32.6 Å². The van der Waals surface area contributed by atoms with Gasteiger partial charge in [0.15, 0.2) is 5.69 Å². The Hall–Kier alpha value is -4.15. The number of methoxy groups -OCH3 is 1. The van der Waals surface area contributed by atoms with Gasteiger partial charge in [-0.2, -0.15) is 18.3 Å². The first-order chi connectivity index (χ1) is 19.0. The average molecular weight is 554 g/mol. The fourth-order valence-corrected chi connectivity index (χ4v) is 5.48. The van der Waals surface area contributed by atoms with E-state index < -0.39 is 29.6 Å². The first-order valence-electron chi connectivity index (χ1n) is 13.1. The lowest BCUT2D eigenvalue weighted by Gasteiger charge is -2.37. The molecule has 40 heavy (non-hydrogen) atoms. The van der Waals surface area contributed by atoms with Crippen molar-refractivity contribution in [3.63, 3.8) is 0 Å². The number of carbonyl (C=O) groups is 2. The van der Waals surface area contributed by atoms with E-state index in [1.54, 1.807) is 9.80 Å². The van der Waals surface area contributed by atoms with Gasteiger partial charge >= 0.3 is 6.18 Å². The fourth-order valence-electron chi connectivity index (χ4n) is 5.48. The van der Waals surface area contributed by atoms with Crippen molar-refractivity contribution in [2.45, 2.75) is 44.8 Å². The molecule has 8 nitrogen and oxygen atoms in total. The monoisotopic (exact) mass is 553 g/mol. The highest BCUT2D eigenvalue weighted by molar-refractivity contribution is 5.95. The number of hydrogen-bond acceptors (Lipinski definition) is 5. The average Bonchev–Trinajstić information content (AvgIpc) is 3.21. The first-order valence-corrected chi connectivity index (χ1v) is 13.1. The minimum atomic E-state index is -4.73. The molecule has 0 N–H and O–H groups in total. The zero-order valence-electron chi connectivity index (χ0n) is 22.5. The Bertz CT molecular complexity index is 1460. The Labute approximate surface area is 230 Å². The molecule has 3 aromatic rings. The summed E-state index contributed by atoms with van der Waals surface area (Å²) >= 11 is 0. The van der Waals surface area contributed by atoms with Crippen molar-refractivity contribution in [1.82, 2.24) is 24.6 Å². The van der Waals surface area contributed by atoms with Crippen molar-refractivity contribution in [3.8, 4) is 11.4 Å². The Morgan fingerprint density at radius 2 is 1.88 bits per heavy atom. The van der Waals surface area contributed by atoms with Crippen LogP contribution < -0.4 is 4.74 Å². The smallest absolute Gasteiger partial charge is 0.437 e. The van der Waals surface area contributed by atoms with Crippen molar-refractivity contribution in [3.05, 3.63) is 83.0 Å². The summed E-state index contributed by atoms with van der Waals surface area (Å²) in [6.45, 7) is 8.75. The highest BCUT2D eigenvalue weighted by atomic mass is 19.4. The standard InChI is InChI=1S/C29H30F3N5O3/c1-5-25(38)35-12-10-21-26-22(37(34-21)20-8-6-18(7-9-20)17(2)3)11-13-36(23(26)16-35)28(39)19-14-24(40-4)27(33-15-19)29(30,31)32/h5-9,14-15,17,23H,1,10-13,16H2,2-4H3/t23-/m0/s1. The minimum Gasteiger partial charge on any atom is -0.494 e. The maximum atomic E-state index is 13.8. The number of rotatable bonds is 5. The molecule has 5 rings (SSSR count). The molecule has 0 unspecified atom stereocenters. The second kappa shape index (κ2) is 10.4. The molecule has 0 bridgehead atoms. The van der Waals surface area contributed by atoms with Gasteiger partial charge in [-0.3, -0.25) is 9.59 Å². The van der Waals surface area contributed by atoms with E-state index in [2.05, 4.69) is 37.5 Å². The highest BCUT2D eigenvalue weighted by Crippen LogP contribution is 2.39. The molecule has 2 aliphatic heterocycles. The maximum Gasteiger partial charge on any atom is 0.437 e. The maximum absolute atomic E-state index is 13.8. The summed E-state index contributed by atoms with van der Waals surface area (Å²) in [6.07, 6.45) is -1.59. The van der Waals surface area contributed by atoms with Crippen molar-refractivity contribution >= 4 is 11.8 Å². The van der Waals surface area contributed by atoms with Crippen molar-refractivity contribution in [2.24, 2.45) is 0 Å². The van der Waals surface area contributed by atoms with Gasteiger partial charge in [0.2, 0.25) is 5.91 Å². The number of benzene rings is 1. The lowest BCUT2D eigenvalue weighted by molar-refractivity contribution is -0.142. The SMILES string of the molecule is C=CC(=O)N1CCc2nn(-c3ccc(C(C)C)cc3)c3c2[C@H](C1)N(C(=O)c1cnc(C(F)(F)F)c(OC)c1)CC3. The summed E-state index contributed by atoms with van der Waals surface area (Å²) in [4.78, 5) is 33.1. The van der Waals surface area contributed by atoms with Crippen LogP contribution in [0.2, 0.25) is 0 Å². The summed E-state index contributed by atoms with van der Waals surface area (Å²) in [7, 11) is 1.10. The van der Waals surface area contributed by atoms with Crippen LogP contribution in [-0.2, 0) is 23.8 Å². The number of pyridine rings is 1. The van der Waals surface area contributed by atoms with E-state index in [0.29, 0.717) is 25.3 Å². The minimum absolute atomic E-state index is 0.0302. The molecule has 0 radical (unpaired) electrons. The van der Waals surface area contributed by atoms with Crippen molar-refractivity contribution in [1.29, 1.82) is 0 Å². The highest BCUT2D eigenvalue weighted by Gasteiger charge is 2.41. The van der Waals surface area contributed by atoms with Gasteiger partial charge in [-0.25, -0.2) is 9.67 Å². The van der Waals surface area contributed by atoms with Gasteiger partial charge in [0.05, 0.1) is 35.8 Å². The first kappa shape index (κ1) is 27.4. The number of ether oxygens (including phenoxy) is 1. The zero-order chi connectivity index (χ0) is 28.8. The number of amides is 2. The number of hydrogen-bond donors (Lipinski definition) is 0. The summed E-state index contributed by atoms with van der Waals surface area (Å²) < 4.78 is 46.9. The van der Waals surface area contributed by atoms with Crippen LogP contribution in [-0.4, -0.2) is 63.1 Å². The van der Waals surface area contributed by atoms with E-state index in [0.717, 1.165) is 42.0 Å². The third kappa shape index (κ3) is 4.84. The van der Waals surface area contributed by atoms with Crippen LogP contribution >= 0.6 is 0 Å². The van der Waals surface area contributed by atoms with E-state index in [1.165, 1.54) is 11.6 Å². The molecule has 2 aliphatic rings. The third-order valence-corrected chi connectivity index (χ3v) is 7.55. The van der Waals surface area contributed by atoms with Gasteiger partial charge in [0, 0.05) is 44.2 Å². The largest absolute Gasteiger partial charge is 0.494 e. The lowest BCUT2D eigenvalue weighted by Crippen LogP contribution is -2.45. The van der Waals surface area contributed by atoms with Crippen LogP contribution in [0.4, 0.5) is 13.2 Å². The molecule has 0 saturated heterocycles. The molecular formula is C29H30F3N5O3. The molecule has 1 aromatic carbocycles. The van der Waals surface area contributed by atoms with E-state index in [-0.39, 0.29) is 24.6 Å². The number of alkyl halides is 3. The number of carbonyl (C=O) groups excluding carboxylic acids is 2. The van der Waals surface area contributed by atoms with Gasteiger partial charge in [0.25, 0.3) is 5.91 Å². The van der Waals surface area contributed by atoms with E-state index >= 15 is 0 Å². The van der Waals surface area contributed by atoms with Crippen LogP contribution in [0.15, 0.2) is 49.2 Å². The van der Waals surface area contributed by atoms with E-state index in [1.807, 2.05) is 16.8 Å². The Balaban J connectivity index is 1.56. The van der Waals surface area contributed by atoms with Crippen LogP contribution in [0.5, 0.6) is 5.75 Å². The lowest BCUT2D eigenvalue weighted by atomic mass is 9.94. The summed E-state index contributed by atoms with van der Waals surface area (Å²) in [6, 6.07) is 8.72. The van der Waals surface area contributed by atoms with Crippen LogP contribution in [0.3, 0.4) is 0 Å². The molecule has 1 atom stereocenters. The number of halogens is 3. The summed E-state index contributed by atoms with van der Waals surface area (Å²) in [5, 5.41) is 4.93. The van der Waals surface area contributed by atoms with Crippen LogP contribution in [0, 0.1) is 0 Å². The molecule has 0 spiro atoms. The Kier molecular flexibility index (Phi) is 7.16. The molecule has 210 valence electrons. The number of aromatic nitrogens is 3. The molecular weight excluding hydrogens is 523 g/mol. The second-order valence-corrected chi connectivity index (χ2v) is 10.2. The Morgan fingerprint density at radius 1 is 1.15 bits per heavy atom. The fraction of sp³-hybridized carbons (Fsp3) is 0.379. The quantitative estimate of drug-likeness (QED) is 0.427. The van der Waals surface area contributed by atoms with Crippen molar-refractivity contribution < 1.29 is 27.5 Å². The molecule has 2 aromatic heterocycles. The van der Waals surface area contributed by atoms with Crippen LogP contribution in [0.25, 0.3) is 5.69 Å². The number of nitrogens with zero attached hydrogens (tertiary/aromatic N) is 5. The van der Waals surface area contributed by atoms with Gasteiger partial charge in [0.1, 0.15) is 5.75 Å². The molecule has 11 heteroatoms. The summed E-state index contributed by atoms with van der Waals surface area (Å²) in [5.41, 5.74) is 3.50.